The maximum Gasteiger partial charge on any atom is 0.231 e. The summed E-state index contributed by atoms with van der Waals surface area (Å²) in [6.07, 6.45) is 2.33. The van der Waals surface area contributed by atoms with Crippen molar-refractivity contribution in [3.63, 3.8) is 0 Å². The van der Waals surface area contributed by atoms with Gasteiger partial charge in [0, 0.05) is 30.6 Å². The minimum atomic E-state index is 0.352. The van der Waals surface area contributed by atoms with E-state index in [1.165, 1.54) is 28.7 Å². The van der Waals surface area contributed by atoms with Gasteiger partial charge in [-0.15, -0.1) is 0 Å². The van der Waals surface area contributed by atoms with E-state index >= 15 is 0 Å². The molecule has 2 aromatic rings. The Kier molecular flexibility index (Phi) is 4.10. The van der Waals surface area contributed by atoms with Gasteiger partial charge in [-0.05, 0) is 55.6 Å². The van der Waals surface area contributed by atoms with E-state index in [1.807, 2.05) is 6.07 Å². The number of aryl methyl sites for hydroxylation is 1. The number of hydrogen-bond acceptors (Lipinski definition) is 4. The van der Waals surface area contributed by atoms with Crippen LogP contribution in [0.3, 0.4) is 0 Å². The molecular formula is C22H26N2O2. The van der Waals surface area contributed by atoms with Gasteiger partial charge in [-0.1, -0.05) is 30.3 Å². The van der Waals surface area contributed by atoms with Crippen molar-refractivity contribution >= 4 is 0 Å². The molecule has 1 N–H and O–H groups in total. The molecule has 0 amide bonds. The summed E-state index contributed by atoms with van der Waals surface area (Å²) in [5.41, 5.74) is 5.67. The molecule has 4 heteroatoms. The van der Waals surface area contributed by atoms with Crippen molar-refractivity contribution in [3.05, 3.63) is 58.7 Å². The Labute approximate surface area is 155 Å². The molecule has 0 radical (unpaired) electrons. The van der Waals surface area contributed by atoms with Crippen LogP contribution in [0.25, 0.3) is 0 Å². The Bertz CT molecular complexity index is 820. The third kappa shape index (κ3) is 2.78. The van der Waals surface area contributed by atoms with Crippen LogP contribution in [-0.2, 0) is 6.42 Å². The van der Waals surface area contributed by atoms with Gasteiger partial charge in [-0.3, -0.25) is 0 Å². The molecule has 0 unspecified atom stereocenters. The first-order valence-electron chi connectivity index (χ1n) is 9.72. The fraction of sp³-hybridized carbons (Fsp3) is 0.455. The molecule has 0 aromatic heterocycles. The minimum Gasteiger partial charge on any atom is -0.454 e. The molecule has 4 nitrogen and oxygen atoms in total. The number of ether oxygens (including phenoxy) is 2. The second kappa shape index (κ2) is 6.60. The summed E-state index contributed by atoms with van der Waals surface area (Å²) in [5.74, 6) is 2.43. The SMILES string of the molecule is Cc1ccc2c(c1[C@@H]1CCN(C[C@H]3NCCc4ccccc43)C1)OCO2. The molecule has 1 saturated heterocycles. The predicted octanol–water partition coefficient (Wildman–Crippen LogP) is 3.40. The van der Waals surface area contributed by atoms with Gasteiger partial charge >= 0.3 is 0 Å². The minimum absolute atomic E-state index is 0.352. The standard InChI is InChI=1S/C22H26N2O2/c1-15-6-7-20-22(26-14-25-20)21(15)17-9-11-24(12-17)13-19-18-5-3-2-4-16(18)8-10-23-19/h2-7,17,19,23H,8-14H2,1H3/t17-,19-/m1/s1. The van der Waals surface area contributed by atoms with Gasteiger partial charge in [-0.2, -0.15) is 0 Å². The number of nitrogens with zero attached hydrogens (tertiary/aromatic N) is 1. The molecule has 26 heavy (non-hydrogen) atoms. The first-order chi connectivity index (χ1) is 12.8. The monoisotopic (exact) mass is 350 g/mol. The lowest BCUT2D eigenvalue weighted by Crippen LogP contribution is -2.38. The zero-order chi connectivity index (χ0) is 17.5. The molecule has 5 rings (SSSR count). The molecule has 0 saturated carbocycles. The molecule has 3 aliphatic rings. The van der Waals surface area contributed by atoms with Crippen molar-refractivity contribution in [1.29, 1.82) is 0 Å². The number of fused-ring (bicyclic) bond motifs is 2. The van der Waals surface area contributed by atoms with Gasteiger partial charge < -0.3 is 19.7 Å². The first-order valence-corrected chi connectivity index (χ1v) is 9.72. The predicted molar refractivity (Wildman–Crippen MR) is 102 cm³/mol. The molecule has 0 aliphatic carbocycles. The van der Waals surface area contributed by atoms with E-state index in [9.17, 15) is 0 Å². The number of hydrogen-bond donors (Lipinski definition) is 1. The summed E-state index contributed by atoms with van der Waals surface area (Å²) in [5, 5.41) is 3.72. The van der Waals surface area contributed by atoms with Gasteiger partial charge in [0.15, 0.2) is 11.5 Å². The first kappa shape index (κ1) is 16.2. The van der Waals surface area contributed by atoms with Crippen LogP contribution in [0.15, 0.2) is 36.4 Å². The zero-order valence-electron chi connectivity index (χ0n) is 15.3. The van der Waals surface area contributed by atoms with E-state index in [4.69, 9.17) is 9.47 Å². The molecule has 3 aliphatic heterocycles. The number of likely N-dealkylation sites (tertiary alicyclic amines) is 1. The molecule has 0 spiro atoms. The Hall–Kier alpha value is -2.04. The van der Waals surface area contributed by atoms with E-state index < -0.39 is 0 Å². The van der Waals surface area contributed by atoms with Crippen LogP contribution in [0.2, 0.25) is 0 Å². The van der Waals surface area contributed by atoms with Crippen LogP contribution in [0.1, 0.15) is 40.6 Å². The number of nitrogens with one attached hydrogen (secondary N) is 1. The molecule has 1 fully saturated rings. The summed E-state index contributed by atoms with van der Waals surface area (Å²) in [4.78, 5) is 2.61. The summed E-state index contributed by atoms with van der Waals surface area (Å²) >= 11 is 0. The Morgan fingerprint density at radius 2 is 2.08 bits per heavy atom. The summed E-state index contributed by atoms with van der Waals surface area (Å²) in [7, 11) is 0. The van der Waals surface area contributed by atoms with Crippen LogP contribution in [0, 0.1) is 6.92 Å². The van der Waals surface area contributed by atoms with Crippen molar-refractivity contribution in [2.75, 3.05) is 33.0 Å². The molecule has 0 bridgehead atoms. The maximum atomic E-state index is 5.80. The van der Waals surface area contributed by atoms with E-state index in [0.29, 0.717) is 18.8 Å². The van der Waals surface area contributed by atoms with Crippen molar-refractivity contribution in [2.24, 2.45) is 0 Å². The second-order valence-electron chi connectivity index (χ2n) is 7.73. The average Bonchev–Trinajstić information content (AvgIpc) is 3.31. The Balaban J connectivity index is 1.33. The maximum absolute atomic E-state index is 5.80. The molecule has 2 aromatic carbocycles. The number of rotatable bonds is 3. The lowest BCUT2D eigenvalue weighted by atomic mass is 9.92. The highest BCUT2D eigenvalue weighted by atomic mass is 16.7. The highest BCUT2D eigenvalue weighted by Crippen LogP contribution is 2.44. The fourth-order valence-corrected chi connectivity index (χ4v) is 4.85. The average molecular weight is 350 g/mol. The van der Waals surface area contributed by atoms with Gasteiger partial charge in [-0.25, -0.2) is 0 Å². The van der Waals surface area contributed by atoms with Crippen LogP contribution in [0.5, 0.6) is 11.5 Å². The van der Waals surface area contributed by atoms with Gasteiger partial charge in [0.25, 0.3) is 0 Å². The van der Waals surface area contributed by atoms with Gasteiger partial charge in [0.2, 0.25) is 6.79 Å². The van der Waals surface area contributed by atoms with Crippen LogP contribution >= 0.6 is 0 Å². The molecule has 2 atom stereocenters. The fourth-order valence-electron chi connectivity index (χ4n) is 4.85. The zero-order valence-corrected chi connectivity index (χ0v) is 15.3. The van der Waals surface area contributed by atoms with Crippen molar-refractivity contribution in [3.8, 4) is 11.5 Å². The van der Waals surface area contributed by atoms with E-state index in [-0.39, 0.29) is 0 Å². The third-order valence-electron chi connectivity index (χ3n) is 6.13. The van der Waals surface area contributed by atoms with Crippen LogP contribution < -0.4 is 14.8 Å². The summed E-state index contributed by atoms with van der Waals surface area (Å²) in [6.45, 7) is 6.95. The summed E-state index contributed by atoms with van der Waals surface area (Å²) in [6, 6.07) is 13.6. The third-order valence-corrected chi connectivity index (χ3v) is 6.13. The van der Waals surface area contributed by atoms with E-state index in [1.54, 1.807) is 0 Å². The van der Waals surface area contributed by atoms with Crippen molar-refractivity contribution < 1.29 is 9.47 Å². The number of benzene rings is 2. The normalized spacial score (nSPS) is 24.7. The summed E-state index contributed by atoms with van der Waals surface area (Å²) < 4.78 is 11.4. The van der Waals surface area contributed by atoms with Gasteiger partial charge in [0.05, 0.1) is 0 Å². The van der Waals surface area contributed by atoms with E-state index in [0.717, 1.165) is 44.1 Å². The lowest BCUT2D eigenvalue weighted by molar-refractivity contribution is 0.173. The van der Waals surface area contributed by atoms with Crippen molar-refractivity contribution in [1.82, 2.24) is 10.2 Å². The molecule has 3 heterocycles. The highest BCUT2D eigenvalue weighted by molar-refractivity contribution is 5.53. The largest absolute Gasteiger partial charge is 0.454 e. The van der Waals surface area contributed by atoms with Crippen molar-refractivity contribution in [2.45, 2.75) is 31.7 Å². The van der Waals surface area contributed by atoms with Crippen LogP contribution in [0.4, 0.5) is 0 Å². The quantitative estimate of drug-likeness (QED) is 0.920. The van der Waals surface area contributed by atoms with Crippen LogP contribution in [-0.4, -0.2) is 37.9 Å². The lowest BCUT2D eigenvalue weighted by Gasteiger charge is -2.30. The Morgan fingerprint density at radius 1 is 1.15 bits per heavy atom. The highest BCUT2D eigenvalue weighted by Gasteiger charge is 2.32. The molecular weight excluding hydrogens is 324 g/mol. The van der Waals surface area contributed by atoms with Gasteiger partial charge in [0.1, 0.15) is 0 Å². The topological polar surface area (TPSA) is 33.7 Å². The second-order valence-corrected chi connectivity index (χ2v) is 7.73. The Morgan fingerprint density at radius 3 is 3.04 bits per heavy atom. The van der Waals surface area contributed by atoms with E-state index in [2.05, 4.69) is 47.5 Å². The molecule has 136 valence electrons. The smallest absolute Gasteiger partial charge is 0.231 e.